The van der Waals surface area contributed by atoms with Crippen LogP contribution in [0.25, 0.3) is 28.0 Å². The molecule has 15 nitrogen and oxygen atoms in total. The van der Waals surface area contributed by atoms with Crippen LogP contribution in [0.1, 0.15) is 77.2 Å². The number of fused-ring (bicyclic) bond motifs is 3. The van der Waals surface area contributed by atoms with Crippen LogP contribution in [0.2, 0.25) is 0 Å². The van der Waals surface area contributed by atoms with E-state index in [2.05, 4.69) is 21.7 Å². The average molecular weight is 782 g/mol. The minimum Gasteiger partial charge on any atom is -0.457 e. The van der Waals surface area contributed by atoms with Crippen LogP contribution in [0.3, 0.4) is 0 Å². The number of methoxy groups -OCH3 is 2. The van der Waals surface area contributed by atoms with Crippen molar-refractivity contribution in [3.63, 3.8) is 0 Å². The molecular weight excluding hydrogens is 731 g/mol. The SMILES string of the molecule is COC(=O)N[C@@H](C(=O)N1CCC[C@H]1C1=NC=C(c2ccc3c(c2)OCOc2cc(-c4cnc([C@@H]5CCCN5C(=O)[C@H](NC(=O)OC)C(C)C)[nH]4)ccc2-3)C1)C(C)C. The summed E-state index contributed by atoms with van der Waals surface area (Å²) in [6, 6.07) is 10.3. The molecule has 0 bridgehead atoms. The number of hydrogen-bond acceptors (Lipinski definition) is 10. The van der Waals surface area contributed by atoms with Gasteiger partial charge in [-0.15, -0.1) is 0 Å². The van der Waals surface area contributed by atoms with Gasteiger partial charge in [-0.2, -0.15) is 0 Å². The molecule has 3 aromatic rings. The highest BCUT2D eigenvalue weighted by molar-refractivity contribution is 6.04. The highest BCUT2D eigenvalue weighted by Crippen LogP contribution is 2.43. The van der Waals surface area contributed by atoms with Crippen molar-refractivity contribution >= 4 is 35.3 Å². The average Bonchev–Trinajstić information content (AvgIpc) is 4.04. The number of benzene rings is 2. The lowest BCUT2D eigenvalue weighted by Crippen LogP contribution is -2.53. The predicted octanol–water partition coefficient (Wildman–Crippen LogP) is 6.07. The number of H-pyrrole nitrogens is 1. The van der Waals surface area contributed by atoms with E-state index in [1.807, 2.05) is 69.1 Å². The van der Waals surface area contributed by atoms with E-state index in [1.165, 1.54) is 14.2 Å². The van der Waals surface area contributed by atoms with Gasteiger partial charge in [0.15, 0.2) is 0 Å². The van der Waals surface area contributed by atoms with Crippen LogP contribution in [0, 0.1) is 11.8 Å². The van der Waals surface area contributed by atoms with Crippen LogP contribution in [-0.2, 0) is 19.1 Å². The summed E-state index contributed by atoms with van der Waals surface area (Å²) < 4.78 is 21.8. The van der Waals surface area contributed by atoms with Crippen molar-refractivity contribution in [3.05, 3.63) is 60.2 Å². The number of likely N-dealkylation sites (tertiary alicyclic amines) is 2. The summed E-state index contributed by atoms with van der Waals surface area (Å²) >= 11 is 0. The number of ether oxygens (including phenoxy) is 4. The number of rotatable bonds is 10. The van der Waals surface area contributed by atoms with Gasteiger partial charge in [-0.05, 0) is 72.9 Å². The second-order valence-corrected chi connectivity index (χ2v) is 15.6. The molecule has 15 heteroatoms. The van der Waals surface area contributed by atoms with E-state index in [-0.39, 0.29) is 42.5 Å². The molecule has 57 heavy (non-hydrogen) atoms. The molecule has 5 heterocycles. The van der Waals surface area contributed by atoms with Crippen LogP contribution < -0.4 is 20.1 Å². The molecule has 2 aromatic carbocycles. The Balaban J connectivity index is 1.04. The van der Waals surface area contributed by atoms with Crippen LogP contribution in [0.4, 0.5) is 9.59 Å². The number of alkyl carbamates (subject to hydrolysis) is 2. The zero-order chi connectivity index (χ0) is 40.4. The van der Waals surface area contributed by atoms with E-state index in [1.54, 1.807) is 11.1 Å². The maximum Gasteiger partial charge on any atom is 0.407 e. The maximum absolute atomic E-state index is 13.6. The fourth-order valence-corrected chi connectivity index (χ4v) is 8.18. The molecule has 4 atom stereocenters. The number of imidazole rings is 1. The summed E-state index contributed by atoms with van der Waals surface area (Å²) in [5.74, 6) is 1.53. The van der Waals surface area contributed by atoms with Gasteiger partial charge in [0.1, 0.15) is 29.4 Å². The number of nitrogens with zero attached hydrogens (tertiary/aromatic N) is 4. The van der Waals surface area contributed by atoms with Crippen molar-refractivity contribution in [1.29, 1.82) is 0 Å². The van der Waals surface area contributed by atoms with Gasteiger partial charge < -0.3 is 44.4 Å². The Labute approximate surface area is 332 Å². The Hall–Kier alpha value is -5.86. The van der Waals surface area contributed by atoms with Crippen molar-refractivity contribution in [2.45, 2.75) is 84.0 Å². The fourth-order valence-electron chi connectivity index (χ4n) is 8.18. The second-order valence-electron chi connectivity index (χ2n) is 15.6. The first-order chi connectivity index (χ1) is 27.5. The van der Waals surface area contributed by atoms with Gasteiger partial charge >= 0.3 is 12.2 Å². The van der Waals surface area contributed by atoms with Crippen LogP contribution >= 0.6 is 0 Å². The molecule has 4 aliphatic rings. The molecule has 2 saturated heterocycles. The third kappa shape index (κ3) is 8.05. The van der Waals surface area contributed by atoms with Gasteiger partial charge in [0, 0.05) is 48.1 Å². The summed E-state index contributed by atoms with van der Waals surface area (Å²) in [5.41, 5.74) is 6.38. The highest BCUT2D eigenvalue weighted by Gasteiger charge is 2.39. The molecule has 4 aliphatic heterocycles. The molecule has 0 spiro atoms. The van der Waals surface area contributed by atoms with Gasteiger partial charge in [-0.25, -0.2) is 14.6 Å². The normalized spacial score (nSPS) is 19.7. The van der Waals surface area contributed by atoms with Crippen LogP contribution in [-0.4, -0.2) is 102 Å². The lowest BCUT2D eigenvalue weighted by atomic mass is 9.94. The topological polar surface area (TPSA) is 177 Å². The van der Waals surface area contributed by atoms with Crippen LogP contribution in [0.15, 0.2) is 53.8 Å². The molecule has 0 saturated carbocycles. The zero-order valence-electron chi connectivity index (χ0n) is 33.3. The zero-order valence-corrected chi connectivity index (χ0v) is 33.3. The Kier molecular flexibility index (Phi) is 11.5. The number of aliphatic imine (C=N–C) groups is 1. The Morgan fingerprint density at radius 3 is 1.91 bits per heavy atom. The van der Waals surface area contributed by atoms with Crippen LogP contribution in [0.5, 0.6) is 11.5 Å². The van der Waals surface area contributed by atoms with Gasteiger partial charge in [0.2, 0.25) is 18.6 Å². The first-order valence-electron chi connectivity index (χ1n) is 19.6. The molecule has 302 valence electrons. The Morgan fingerprint density at radius 1 is 0.789 bits per heavy atom. The minimum atomic E-state index is -0.710. The van der Waals surface area contributed by atoms with E-state index in [4.69, 9.17) is 28.9 Å². The first kappa shape index (κ1) is 39.4. The van der Waals surface area contributed by atoms with Gasteiger partial charge in [0.25, 0.3) is 0 Å². The molecule has 3 N–H and O–H groups in total. The Morgan fingerprint density at radius 2 is 1.33 bits per heavy atom. The smallest absolute Gasteiger partial charge is 0.407 e. The third-order valence-corrected chi connectivity index (χ3v) is 11.3. The molecule has 2 fully saturated rings. The molecule has 1 aromatic heterocycles. The summed E-state index contributed by atoms with van der Waals surface area (Å²) in [7, 11) is 2.57. The third-order valence-electron chi connectivity index (χ3n) is 11.3. The summed E-state index contributed by atoms with van der Waals surface area (Å²) in [4.78, 5) is 67.8. The highest BCUT2D eigenvalue weighted by atomic mass is 16.7. The summed E-state index contributed by atoms with van der Waals surface area (Å²) in [5, 5.41) is 5.40. The van der Waals surface area contributed by atoms with Crippen molar-refractivity contribution in [3.8, 4) is 33.9 Å². The first-order valence-corrected chi connectivity index (χ1v) is 19.6. The summed E-state index contributed by atoms with van der Waals surface area (Å²) in [6.45, 7) is 8.79. The number of hydrogen-bond donors (Lipinski definition) is 3. The van der Waals surface area contributed by atoms with E-state index in [9.17, 15) is 19.2 Å². The van der Waals surface area contributed by atoms with Crippen molar-refractivity contribution < 1.29 is 38.1 Å². The standard InChI is InChI=1S/C42H51N7O8/c1-23(2)36(46-41(52)54-5)39(50)48-15-7-9-32(48)30-17-27(20-43-30)25-11-13-28-29-14-12-26(19-35(29)57-22-56-34(28)18-25)31-21-44-38(45-31)33-10-8-16-49(33)40(51)37(24(3)4)47-42(53)55-6/h11-14,18-21,23-24,32-33,36-37H,7-10,15-17,22H2,1-6H3,(H,44,45)(H,46,52)(H,47,53)/t32-,33-,36+,37+/m0/s1. The minimum absolute atomic E-state index is 0.0213. The van der Waals surface area contributed by atoms with E-state index in [0.717, 1.165) is 64.9 Å². The number of aromatic nitrogens is 2. The van der Waals surface area contributed by atoms with Crippen molar-refractivity contribution in [2.24, 2.45) is 16.8 Å². The summed E-state index contributed by atoms with van der Waals surface area (Å²) in [6.07, 6.45) is 6.23. The lowest BCUT2D eigenvalue weighted by Gasteiger charge is -2.31. The number of allylic oxidation sites excluding steroid dienone is 1. The molecule has 7 rings (SSSR count). The van der Waals surface area contributed by atoms with Gasteiger partial charge in [-0.3, -0.25) is 14.6 Å². The number of carbonyl (C=O) groups is 4. The van der Waals surface area contributed by atoms with Gasteiger partial charge in [0.05, 0.1) is 38.2 Å². The van der Waals surface area contributed by atoms with Gasteiger partial charge in [-0.1, -0.05) is 39.8 Å². The largest absolute Gasteiger partial charge is 0.457 e. The lowest BCUT2D eigenvalue weighted by molar-refractivity contribution is -0.135. The number of amides is 4. The predicted molar refractivity (Wildman–Crippen MR) is 212 cm³/mol. The number of aromatic amines is 1. The Bertz CT molecular complexity index is 2090. The molecule has 0 radical (unpaired) electrons. The number of nitrogens with one attached hydrogen (secondary N) is 3. The molecular formula is C42H51N7O8. The van der Waals surface area contributed by atoms with E-state index >= 15 is 0 Å². The maximum atomic E-state index is 13.6. The molecule has 0 aliphatic carbocycles. The van der Waals surface area contributed by atoms with Crippen molar-refractivity contribution in [1.82, 2.24) is 30.4 Å². The second kappa shape index (κ2) is 16.7. The van der Waals surface area contributed by atoms with E-state index < -0.39 is 24.3 Å². The molecule has 4 amide bonds. The quantitative estimate of drug-likeness (QED) is 0.220. The number of carbonyl (C=O) groups excluding carboxylic acids is 4. The fraction of sp³-hybridized carbons (Fsp3) is 0.476. The van der Waals surface area contributed by atoms with E-state index in [0.29, 0.717) is 36.8 Å². The monoisotopic (exact) mass is 781 g/mol. The van der Waals surface area contributed by atoms with Crippen molar-refractivity contribution in [2.75, 3.05) is 34.1 Å². The molecule has 0 unspecified atom stereocenters.